The third-order valence-corrected chi connectivity index (χ3v) is 4.54. The number of benzene rings is 2. The largest absolute Gasteiger partial charge is 0.493 e. The van der Waals surface area contributed by atoms with Crippen molar-refractivity contribution in [3.8, 4) is 22.6 Å². The van der Waals surface area contributed by atoms with E-state index in [1.54, 1.807) is 32.4 Å². The van der Waals surface area contributed by atoms with Gasteiger partial charge in [0.15, 0.2) is 11.5 Å². The predicted molar refractivity (Wildman–Crippen MR) is 116 cm³/mol. The van der Waals surface area contributed by atoms with Crippen molar-refractivity contribution in [3.63, 3.8) is 0 Å². The lowest BCUT2D eigenvalue weighted by molar-refractivity contribution is -0.104. The van der Waals surface area contributed by atoms with Crippen LogP contribution in [0.5, 0.6) is 11.5 Å². The Morgan fingerprint density at radius 3 is 2.33 bits per heavy atom. The van der Waals surface area contributed by atoms with Gasteiger partial charge in [-0.05, 0) is 46.9 Å². The molecule has 0 N–H and O–H groups in total. The van der Waals surface area contributed by atoms with Gasteiger partial charge in [-0.25, -0.2) is 4.39 Å². The Kier molecular flexibility index (Phi) is 9.51. The molecule has 0 heterocycles. The summed E-state index contributed by atoms with van der Waals surface area (Å²) >= 11 is 0. The van der Waals surface area contributed by atoms with E-state index in [1.165, 1.54) is 18.2 Å². The lowest BCUT2D eigenvalue weighted by atomic mass is 9.88. The van der Waals surface area contributed by atoms with Crippen molar-refractivity contribution in [1.82, 2.24) is 0 Å². The van der Waals surface area contributed by atoms with Crippen molar-refractivity contribution in [2.24, 2.45) is 0 Å². The second-order valence-electron chi connectivity index (χ2n) is 6.90. The van der Waals surface area contributed by atoms with E-state index in [0.717, 1.165) is 28.5 Å². The third-order valence-electron chi connectivity index (χ3n) is 4.54. The number of ether oxygens (including phenoxy) is 4. The second-order valence-corrected chi connectivity index (χ2v) is 6.90. The van der Waals surface area contributed by atoms with E-state index in [9.17, 15) is 9.18 Å². The van der Waals surface area contributed by atoms with Crippen molar-refractivity contribution < 1.29 is 28.1 Å². The minimum atomic E-state index is -0.329. The summed E-state index contributed by atoms with van der Waals surface area (Å²) in [5.74, 6) is 0.924. The molecule has 2 aromatic carbocycles. The van der Waals surface area contributed by atoms with Crippen LogP contribution in [0.25, 0.3) is 17.2 Å². The Hall–Kier alpha value is -2.70. The molecule has 0 radical (unpaired) electrons. The number of halogens is 1. The highest BCUT2D eigenvalue weighted by Gasteiger charge is 2.22. The molecule has 0 atom stereocenters. The molecule has 0 spiro atoms. The minimum absolute atomic E-state index is 0.163. The minimum Gasteiger partial charge on any atom is -0.493 e. The Bertz CT molecular complexity index is 844. The predicted octanol–water partition coefficient (Wildman–Crippen LogP) is 4.88. The van der Waals surface area contributed by atoms with Gasteiger partial charge in [-0.1, -0.05) is 32.1 Å². The molecular weight excluding hydrogens is 387 g/mol. The van der Waals surface area contributed by atoms with Crippen LogP contribution in [0.2, 0.25) is 0 Å². The summed E-state index contributed by atoms with van der Waals surface area (Å²) in [4.78, 5) is 11.0. The quantitative estimate of drug-likeness (QED) is 0.280. The van der Waals surface area contributed by atoms with Gasteiger partial charge in [-0.3, -0.25) is 4.79 Å². The summed E-state index contributed by atoms with van der Waals surface area (Å²) in [6.45, 7) is 5.78. The Morgan fingerprint density at radius 2 is 1.73 bits per heavy atom. The lowest BCUT2D eigenvalue weighted by Crippen LogP contribution is -2.11. The molecular formula is C24H29FO5. The fourth-order valence-corrected chi connectivity index (χ4v) is 3.11. The average molecular weight is 416 g/mol. The second kappa shape index (κ2) is 12.1. The van der Waals surface area contributed by atoms with Crippen LogP contribution in [0.3, 0.4) is 0 Å². The van der Waals surface area contributed by atoms with Gasteiger partial charge in [-0.15, -0.1) is 0 Å². The maximum atomic E-state index is 13.6. The van der Waals surface area contributed by atoms with Gasteiger partial charge in [0.05, 0.1) is 26.9 Å². The smallest absolute Gasteiger partial charge is 0.169 e. The topological polar surface area (TPSA) is 54.0 Å². The van der Waals surface area contributed by atoms with Crippen LogP contribution in [0.15, 0.2) is 36.4 Å². The summed E-state index contributed by atoms with van der Waals surface area (Å²) in [6.07, 6.45) is 3.92. The monoisotopic (exact) mass is 416 g/mol. The number of hydrogen-bond acceptors (Lipinski definition) is 5. The first-order chi connectivity index (χ1) is 14.5. The number of allylic oxidation sites excluding steroid dienone is 1. The Balaban J connectivity index is 2.57. The first kappa shape index (κ1) is 23.6. The maximum Gasteiger partial charge on any atom is 0.169 e. The molecule has 2 aromatic rings. The maximum absolute atomic E-state index is 13.6. The first-order valence-corrected chi connectivity index (χ1v) is 9.85. The van der Waals surface area contributed by atoms with Gasteiger partial charge in [0.25, 0.3) is 0 Å². The van der Waals surface area contributed by atoms with E-state index < -0.39 is 0 Å². The fourth-order valence-electron chi connectivity index (χ4n) is 3.11. The van der Waals surface area contributed by atoms with Crippen LogP contribution in [0, 0.1) is 5.82 Å². The van der Waals surface area contributed by atoms with Gasteiger partial charge in [0.2, 0.25) is 0 Å². The molecule has 0 unspecified atom stereocenters. The van der Waals surface area contributed by atoms with Crippen LogP contribution in [0.1, 0.15) is 30.9 Å². The highest BCUT2D eigenvalue weighted by atomic mass is 19.1. The molecule has 0 aliphatic carbocycles. The summed E-state index contributed by atoms with van der Waals surface area (Å²) in [7, 11) is 3.20. The summed E-state index contributed by atoms with van der Waals surface area (Å²) in [6, 6.07) is 8.09. The zero-order valence-electron chi connectivity index (χ0n) is 17.9. The number of rotatable bonds is 12. The standard InChI is InChI=1S/C24H29FO5/c1-17(2)21-16-22(28-4)24(30-15-14-29-13-12-27-3)23(20(21)6-5-11-26)18-7-9-19(25)10-8-18/h5-11,16-17H,12-15H2,1-4H3. The van der Waals surface area contributed by atoms with Crippen LogP contribution < -0.4 is 9.47 Å². The van der Waals surface area contributed by atoms with E-state index in [2.05, 4.69) is 13.8 Å². The normalized spacial score (nSPS) is 11.3. The van der Waals surface area contributed by atoms with Gasteiger partial charge in [0, 0.05) is 12.7 Å². The summed E-state index contributed by atoms with van der Waals surface area (Å²) in [5.41, 5.74) is 3.33. The van der Waals surface area contributed by atoms with Crippen LogP contribution in [0.4, 0.5) is 4.39 Å². The van der Waals surface area contributed by atoms with Crippen LogP contribution in [-0.4, -0.2) is 46.9 Å². The molecule has 30 heavy (non-hydrogen) atoms. The number of carbonyl (C=O) groups excluding carboxylic acids is 1. The SMILES string of the molecule is COCCOCCOc1c(OC)cc(C(C)C)c(C=CC=O)c1-c1ccc(F)cc1. The summed E-state index contributed by atoms with van der Waals surface area (Å²) in [5, 5.41) is 0. The fraction of sp³-hybridized carbons (Fsp3) is 0.375. The Morgan fingerprint density at radius 1 is 1.03 bits per heavy atom. The highest BCUT2D eigenvalue weighted by molar-refractivity contribution is 5.87. The molecule has 0 fully saturated rings. The van der Waals surface area contributed by atoms with Crippen LogP contribution >= 0.6 is 0 Å². The molecule has 0 amide bonds. The number of carbonyl (C=O) groups is 1. The number of hydrogen-bond donors (Lipinski definition) is 0. The molecule has 0 saturated heterocycles. The van der Waals surface area contributed by atoms with Gasteiger partial charge < -0.3 is 18.9 Å². The molecule has 0 aromatic heterocycles. The van der Waals surface area contributed by atoms with Gasteiger partial charge in [0.1, 0.15) is 18.7 Å². The molecule has 0 bridgehead atoms. The molecule has 0 aliphatic rings. The van der Waals surface area contributed by atoms with Crippen molar-refractivity contribution >= 4 is 12.4 Å². The zero-order chi connectivity index (χ0) is 21.9. The van der Waals surface area contributed by atoms with E-state index in [-0.39, 0.29) is 11.7 Å². The van der Waals surface area contributed by atoms with E-state index in [4.69, 9.17) is 18.9 Å². The van der Waals surface area contributed by atoms with E-state index in [1.807, 2.05) is 6.07 Å². The lowest BCUT2D eigenvalue weighted by Gasteiger charge is -2.22. The van der Waals surface area contributed by atoms with E-state index >= 15 is 0 Å². The average Bonchev–Trinajstić information content (AvgIpc) is 2.74. The molecule has 5 nitrogen and oxygen atoms in total. The Labute approximate surface area is 177 Å². The number of aldehydes is 1. The third kappa shape index (κ3) is 6.15. The van der Waals surface area contributed by atoms with E-state index in [0.29, 0.717) is 37.9 Å². The van der Waals surface area contributed by atoms with Crippen molar-refractivity contribution in [2.75, 3.05) is 40.6 Å². The number of methoxy groups -OCH3 is 2. The molecule has 2 rings (SSSR count). The van der Waals surface area contributed by atoms with Crippen LogP contribution in [-0.2, 0) is 14.3 Å². The summed E-state index contributed by atoms with van der Waals surface area (Å²) < 4.78 is 35.7. The first-order valence-electron chi connectivity index (χ1n) is 9.85. The molecule has 0 saturated carbocycles. The van der Waals surface area contributed by atoms with Gasteiger partial charge in [-0.2, -0.15) is 0 Å². The zero-order valence-corrected chi connectivity index (χ0v) is 17.9. The van der Waals surface area contributed by atoms with Gasteiger partial charge >= 0.3 is 0 Å². The molecule has 162 valence electrons. The molecule has 6 heteroatoms. The van der Waals surface area contributed by atoms with Crippen molar-refractivity contribution in [3.05, 3.63) is 53.4 Å². The molecule has 0 aliphatic heterocycles. The highest BCUT2D eigenvalue weighted by Crippen LogP contribution is 2.45. The van der Waals surface area contributed by atoms with Crippen molar-refractivity contribution in [2.45, 2.75) is 19.8 Å². The van der Waals surface area contributed by atoms with Crippen molar-refractivity contribution in [1.29, 1.82) is 0 Å².